The molecule has 0 unspecified atom stereocenters. The summed E-state index contributed by atoms with van der Waals surface area (Å²) < 4.78 is 0. The van der Waals surface area contributed by atoms with Crippen LogP contribution in [-0.2, 0) is 16.0 Å². The molecule has 0 spiro atoms. The largest absolute Gasteiger partial charge is 0.356 e. The normalized spacial score (nSPS) is 18.0. The molecular formula is C12H15N3O3S. The maximum Gasteiger partial charge on any atom is 0.322 e. The zero-order chi connectivity index (χ0) is 13.7. The lowest BCUT2D eigenvalue weighted by Crippen LogP contribution is -2.32. The maximum absolute atomic E-state index is 11.6. The fraction of sp³-hybridized carbons (Fsp3) is 0.417. The SMILES string of the molecule is O=C(CC[C@@H]1NC(=O)NC1=O)NCCc1ccsc1. The summed E-state index contributed by atoms with van der Waals surface area (Å²) in [7, 11) is 0. The predicted octanol–water partition coefficient (Wildman–Crippen LogP) is 0.395. The third-order valence-electron chi connectivity index (χ3n) is 2.83. The molecule has 0 aliphatic carbocycles. The molecule has 2 rings (SSSR count). The van der Waals surface area contributed by atoms with Crippen LogP contribution in [0.2, 0.25) is 0 Å². The molecule has 1 fully saturated rings. The quantitative estimate of drug-likeness (QED) is 0.659. The number of rotatable bonds is 6. The van der Waals surface area contributed by atoms with Crippen molar-refractivity contribution in [3.63, 3.8) is 0 Å². The summed E-state index contributed by atoms with van der Waals surface area (Å²) in [5.74, 6) is -0.472. The molecule has 1 saturated heterocycles. The molecule has 6 nitrogen and oxygen atoms in total. The minimum atomic E-state index is -0.588. The van der Waals surface area contributed by atoms with Crippen molar-refractivity contribution in [1.82, 2.24) is 16.0 Å². The highest BCUT2D eigenvalue weighted by Gasteiger charge is 2.29. The van der Waals surface area contributed by atoms with Gasteiger partial charge in [0.1, 0.15) is 6.04 Å². The minimum Gasteiger partial charge on any atom is -0.356 e. The van der Waals surface area contributed by atoms with E-state index in [0.717, 1.165) is 6.42 Å². The Hall–Kier alpha value is -1.89. The van der Waals surface area contributed by atoms with Crippen molar-refractivity contribution in [2.24, 2.45) is 0 Å². The molecule has 1 aromatic heterocycles. The Balaban J connectivity index is 1.62. The van der Waals surface area contributed by atoms with Crippen LogP contribution >= 0.6 is 11.3 Å². The predicted molar refractivity (Wildman–Crippen MR) is 70.7 cm³/mol. The molecule has 3 N–H and O–H groups in total. The number of hydrogen-bond donors (Lipinski definition) is 3. The molecule has 1 aromatic rings. The van der Waals surface area contributed by atoms with E-state index in [1.165, 1.54) is 5.56 Å². The Morgan fingerprint density at radius 3 is 2.89 bits per heavy atom. The number of thiophene rings is 1. The van der Waals surface area contributed by atoms with Crippen molar-refractivity contribution in [3.05, 3.63) is 22.4 Å². The Morgan fingerprint density at radius 1 is 1.42 bits per heavy atom. The van der Waals surface area contributed by atoms with E-state index in [1.54, 1.807) is 11.3 Å². The van der Waals surface area contributed by atoms with Crippen LogP contribution in [0, 0.1) is 0 Å². The summed E-state index contributed by atoms with van der Waals surface area (Å²) in [6, 6.07) is 0.942. The fourth-order valence-corrected chi connectivity index (χ4v) is 2.51. The number of urea groups is 1. The molecule has 1 aliphatic heterocycles. The Kier molecular flexibility index (Phi) is 4.51. The average molecular weight is 281 g/mol. The summed E-state index contributed by atoms with van der Waals surface area (Å²) >= 11 is 1.63. The zero-order valence-corrected chi connectivity index (χ0v) is 11.1. The van der Waals surface area contributed by atoms with Crippen molar-refractivity contribution < 1.29 is 14.4 Å². The van der Waals surface area contributed by atoms with E-state index in [2.05, 4.69) is 16.0 Å². The van der Waals surface area contributed by atoms with Gasteiger partial charge >= 0.3 is 6.03 Å². The first-order chi connectivity index (χ1) is 9.15. The number of carbonyl (C=O) groups is 3. The molecule has 0 radical (unpaired) electrons. The molecule has 7 heteroatoms. The first-order valence-electron chi connectivity index (χ1n) is 6.04. The average Bonchev–Trinajstić information content (AvgIpc) is 2.97. The van der Waals surface area contributed by atoms with Gasteiger partial charge in [-0.25, -0.2) is 4.79 Å². The summed E-state index contributed by atoms with van der Waals surface area (Å²) in [6.07, 6.45) is 1.35. The van der Waals surface area contributed by atoms with Gasteiger partial charge in [-0.3, -0.25) is 14.9 Å². The number of amides is 4. The molecule has 1 atom stereocenters. The molecule has 4 amide bonds. The van der Waals surface area contributed by atoms with Gasteiger partial charge in [-0.1, -0.05) is 0 Å². The Labute approximate surface area is 114 Å². The highest BCUT2D eigenvalue weighted by atomic mass is 32.1. The van der Waals surface area contributed by atoms with Crippen molar-refractivity contribution in [3.8, 4) is 0 Å². The lowest BCUT2D eigenvalue weighted by molar-refractivity contribution is -0.122. The van der Waals surface area contributed by atoms with E-state index in [0.29, 0.717) is 13.0 Å². The van der Waals surface area contributed by atoms with E-state index in [9.17, 15) is 14.4 Å². The van der Waals surface area contributed by atoms with E-state index < -0.39 is 12.1 Å². The number of hydrogen-bond acceptors (Lipinski definition) is 4. The standard InChI is InChI=1S/C12H15N3O3S/c16-10(13-5-3-8-4-6-19-7-8)2-1-9-11(17)15-12(18)14-9/h4,6-7,9H,1-3,5H2,(H,13,16)(H2,14,15,17,18)/t9-/m0/s1. The van der Waals surface area contributed by atoms with Gasteiger partial charge in [-0.2, -0.15) is 11.3 Å². The molecule has 1 aliphatic rings. The van der Waals surface area contributed by atoms with Crippen LogP contribution in [0.25, 0.3) is 0 Å². The third kappa shape index (κ3) is 4.06. The molecule has 2 heterocycles. The van der Waals surface area contributed by atoms with Crippen molar-refractivity contribution in [2.75, 3.05) is 6.54 Å². The van der Waals surface area contributed by atoms with E-state index in [1.807, 2.05) is 16.8 Å². The second kappa shape index (κ2) is 6.33. The van der Waals surface area contributed by atoms with Crippen LogP contribution in [0.4, 0.5) is 4.79 Å². The lowest BCUT2D eigenvalue weighted by atomic mass is 10.1. The van der Waals surface area contributed by atoms with Gasteiger partial charge < -0.3 is 10.6 Å². The molecule has 0 aromatic carbocycles. The van der Waals surface area contributed by atoms with Crippen LogP contribution in [0.1, 0.15) is 18.4 Å². The third-order valence-corrected chi connectivity index (χ3v) is 3.57. The molecular weight excluding hydrogens is 266 g/mol. The monoisotopic (exact) mass is 281 g/mol. The fourth-order valence-electron chi connectivity index (χ4n) is 1.81. The minimum absolute atomic E-state index is 0.107. The van der Waals surface area contributed by atoms with Crippen LogP contribution < -0.4 is 16.0 Å². The van der Waals surface area contributed by atoms with Gasteiger partial charge in [-0.15, -0.1) is 0 Å². The van der Waals surface area contributed by atoms with Crippen LogP contribution in [0.5, 0.6) is 0 Å². The molecule has 19 heavy (non-hydrogen) atoms. The molecule has 102 valence electrons. The summed E-state index contributed by atoms with van der Waals surface area (Å²) in [6.45, 7) is 0.582. The highest BCUT2D eigenvalue weighted by molar-refractivity contribution is 7.07. The van der Waals surface area contributed by atoms with Crippen molar-refractivity contribution in [1.29, 1.82) is 0 Å². The van der Waals surface area contributed by atoms with E-state index in [4.69, 9.17) is 0 Å². The van der Waals surface area contributed by atoms with Gasteiger partial charge in [0, 0.05) is 13.0 Å². The van der Waals surface area contributed by atoms with Gasteiger partial charge in [0.05, 0.1) is 0 Å². The van der Waals surface area contributed by atoms with Crippen molar-refractivity contribution >= 4 is 29.2 Å². The van der Waals surface area contributed by atoms with E-state index >= 15 is 0 Å². The summed E-state index contributed by atoms with van der Waals surface area (Å²) in [4.78, 5) is 33.7. The van der Waals surface area contributed by atoms with Crippen LogP contribution in [-0.4, -0.2) is 30.4 Å². The number of imide groups is 1. The number of nitrogens with one attached hydrogen (secondary N) is 3. The van der Waals surface area contributed by atoms with Crippen LogP contribution in [0.3, 0.4) is 0 Å². The maximum atomic E-state index is 11.6. The van der Waals surface area contributed by atoms with Crippen LogP contribution in [0.15, 0.2) is 16.8 Å². The molecule has 0 bridgehead atoms. The Morgan fingerprint density at radius 2 is 2.26 bits per heavy atom. The Bertz CT molecular complexity index is 473. The zero-order valence-electron chi connectivity index (χ0n) is 10.3. The second-order valence-corrected chi connectivity index (χ2v) is 5.07. The highest BCUT2D eigenvalue weighted by Crippen LogP contribution is 2.06. The smallest absolute Gasteiger partial charge is 0.322 e. The van der Waals surface area contributed by atoms with E-state index in [-0.39, 0.29) is 18.2 Å². The van der Waals surface area contributed by atoms with Gasteiger partial charge in [0.15, 0.2) is 0 Å². The number of carbonyl (C=O) groups excluding carboxylic acids is 3. The summed E-state index contributed by atoms with van der Waals surface area (Å²) in [5.41, 5.74) is 1.20. The summed E-state index contributed by atoms with van der Waals surface area (Å²) in [5, 5.41) is 11.4. The van der Waals surface area contributed by atoms with Gasteiger partial charge in [-0.05, 0) is 35.2 Å². The first-order valence-corrected chi connectivity index (χ1v) is 6.98. The second-order valence-electron chi connectivity index (χ2n) is 4.29. The first kappa shape index (κ1) is 13.5. The topological polar surface area (TPSA) is 87.3 Å². The van der Waals surface area contributed by atoms with Gasteiger partial charge in [0.2, 0.25) is 5.91 Å². The molecule has 0 saturated carbocycles. The van der Waals surface area contributed by atoms with Crippen molar-refractivity contribution in [2.45, 2.75) is 25.3 Å². The van der Waals surface area contributed by atoms with Gasteiger partial charge in [0.25, 0.3) is 5.91 Å². The lowest BCUT2D eigenvalue weighted by Gasteiger charge is -2.07.